The molecule has 0 heterocycles. The Kier molecular flexibility index (Phi) is 6.40. The van der Waals surface area contributed by atoms with Crippen LogP contribution in [0.4, 0.5) is 0 Å². The number of hydrogen-bond acceptors (Lipinski definition) is 0. The van der Waals surface area contributed by atoms with Gasteiger partial charge in [0.15, 0.2) is 0 Å². The summed E-state index contributed by atoms with van der Waals surface area (Å²) in [7, 11) is 0. The number of rotatable bonds is 8. The SMILES string of the molecule is CCC(C)C(C)C(CC(C)C(C)C1CC1C)C(C)C. The molecule has 0 heteroatoms. The molecule has 0 radical (unpaired) electrons. The van der Waals surface area contributed by atoms with Crippen LogP contribution in [0.5, 0.6) is 0 Å². The topological polar surface area (TPSA) is 0 Å². The second kappa shape index (κ2) is 7.14. The second-order valence-corrected chi connectivity index (χ2v) is 8.10. The molecule has 0 amide bonds. The van der Waals surface area contributed by atoms with E-state index in [2.05, 4.69) is 55.4 Å². The summed E-state index contributed by atoms with van der Waals surface area (Å²) in [5, 5.41) is 0. The molecular weight excluding hydrogens is 228 g/mol. The average Bonchev–Trinajstić information content (AvgIpc) is 3.09. The molecule has 114 valence electrons. The van der Waals surface area contributed by atoms with Crippen molar-refractivity contribution in [2.45, 2.75) is 74.7 Å². The zero-order valence-electron chi connectivity index (χ0n) is 14.7. The van der Waals surface area contributed by atoms with E-state index in [0.717, 1.165) is 47.3 Å². The molecule has 1 saturated carbocycles. The van der Waals surface area contributed by atoms with Crippen molar-refractivity contribution in [1.82, 2.24) is 0 Å². The van der Waals surface area contributed by atoms with Crippen LogP contribution < -0.4 is 0 Å². The summed E-state index contributed by atoms with van der Waals surface area (Å²) >= 11 is 0. The highest BCUT2D eigenvalue weighted by molar-refractivity contribution is 4.89. The van der Waals surface area contributed by atoms with Crippen molar-refractivity contribution in [3.05, 3.63) is 0 Å². The van der Waals surface area contributed by atoms with Crippen LogP contribution >= 0.6 is 0 Å². The van der Waals surface area contributed by atoms with Crippen molar-refractivity contribution in [2.24, 2.45) is 47.3 Å². The van der Waals surface area contributed by atoms with Crippen LogP contribution in [-0.4, -0.2) is 0 Å². The molecule has 0 aromatic rings. The summed E-state index contributed by atoms with van der Waals surface area (Å²) in [5.74, 6) is 7.33. The maximum Gasteiger partial charge on any atom is -0.0357 e. The van der Waals surface area contributed by atoms with Crippen LogP contribution in [0, 0.1) is 47.3 Å². The Labute approximate surface area is 122 Å². The minimum absolute atomic E-state index is 0.829. The highest BCUT2D eigenvalue weighted by Crippen LogP contribution is 2.48. The maximum absolute atomic E-state index is 2.51. The van der Waals surface area contributed by atoms with Gasteiger partial charge in [-0.25, -0.2) is 0 Å². The van der Waals surface area contributed by atoms with Crippen molar-refractivity contribution in [1.29, 1.82) is 0 Å². The van der Waals surface area contributed by atoms with E-state index >= 15 is 0 Å². The molecular formula is C19H38. The van der Waals surface area contributed by atoms with Gasteiger partial charge in [-0.2, -0.15) is 0 Å². The van der Waals surface area contributed by atoms with Crippen molar-refractivity contribution < 1.29 is 0 Å². The summed E-state index contributed by atoms with van der Waals surface area (Å²) in [4.78, 5) is 0. The van der Waals surface area contributed by atoms with E-state index in [0.29, 0.717) is 0 Å². The van der Waals surface area contributed by atoms with E-state index < -0.39 is 0 Å². The fourth-order valence-electron chi connectivity index (χ4n) is 4.04. The van der Waals surface area contributed by atoms with E-state index in [9.17, 15) is 0 Å². The molecule has 0 spiro atoms. The molecule has 0 aliphatic heterocycles. The van der Waals surface area contributed by atoms with Gasteiger partial charge in [-0.3, -0.25) is 0 Å². The average molecular weight is 267 g/mol. The molecule has 0 aromatic carbocycles. The molecule has 7 unspecified atom stereocenters. The molecule has 19 heavy (non-hydrogen) atoms. The Balaban J connectivity index is 2.57. The third-order valence-electron chi connectivity index (χ3n) is 6.46. The van der Waals surface area contributed by atoms with Gasteiger partial charge in [-0.15, -0.1) is 0 Å². The summed E-state index contributed by atoms with van der Waals surface area (Å²) in [6.45, 7) is 19.6. The van der Waals surface area contributed by atoms with E-state index in [1.165, 1.54) is 19.3 Å². The van der Waals surface area contributed by atoms with Gasteiger partial charge in [0, 0.05) is 0 Å². The normalized spacial score (nSPS) is 30.8. The van der Waals surface area contributed by atoms with Crippen LogP contribution in [0.3, 0.4) is 0 Å². The van der Waals surface area contributed by atoms with Crippen LogP contribution in [0.25, 0.3) is 0 Å². The zero-order chi connectivity index (χ0) is 14.7. The second-order valence-electron chi connectivity index (χ2n) is 8.10. The monoisotopic (exact) mass is 266 g/mol. The summed E-state index contributed by atoms with van der Waals surface area (Å²) < 4.78 is 0. The molecule has 1 aliphatic rings. The first-order valence-electron chi connectivity index (χ1n) is 8.79. The summed E-state index contributed by atoms with van der Waals surface area (Å²) in [5.41, 5.74) is 0. The smallest absolute Gasteiger partial charge is 0.0357 e. The predicted molar refractivity (Wildman–Crippen MR) is 87.2 cm³/mol. The van der Waals surface area contributed by atoms with Gasteiger partial charge in [0.25, 0.3) is 0 Å². The maximum atomic E-state index is 2.51. The Bertz CT molecular complexity index is 255. The van der Waals surface area contributed by atoms with Crippen molar-refractivity contribution in [3.63, 3.8) is 0 Å². The third-order valence-corrected chi connectivity index (χ3v) is 6.46. The van der Waals surface area contributed by atoms with Gasteiger partial charge in [-0.1, -0.05) is 61.8 Å². The largest absolute Gasteiger partial charge is 0.0651 e. The van der Waals surface area contributed by atoms with E-state index in [1.54, 1.807) is 0 Å². The van der Waals surface area contributed by atoms with Crippen molar-refractivity contribution in [3.8, 4) is 0 Å². The summed E-state index contributed by atoms with van der Waals surface area (Å²) in [6.07, 6.45) is 4.25. The third kappa shape index (κ3) is 4.50. The Morgan fingerprint density at radius 1 is 0.947 bits per heavy atom. The highest BCUT2D eigenvalue weighted by Gasteiger charge is 2.40. The predicted octanol–water partition coefficient (Wildman–Crippen LogP) is 6.26. The summed E-state index contributed by atoms with van der Waals surface area (Å²) in [6, 6.07) is 0. The lowest BCUT2D eigenvalue weighted by Gasteiger charge is -2.35. The molecule has 0 aromatic heterocycles. The molecule has 0 nitrogen and oxygen atoms in total. The first-order valence-corrected chi connectivity index (χ1v) is 8.79. The zero-order valence-corrected chi connectivity index (χ0v) is 14.7. The Morgan fingerprint density at radius 3 is 1.84 bits per heavy atom. The minimum Gasteiger partial charge on any atom is -0.0651 e. The standard InChI is InChI=1S/C19H38/c1-9-13(4)16(7)18(12(2)3)10-14(5)17(8)19-11-15(19)6/h12-19H,9-11H2,1-8H3. The minimum atomic E-state index is 0.829. The van der Waals surface area contributed by atoms with E-state index in [-0.39, 0.29) is 0 Å². The van der Waals surface area contributed by atoms with Crippen LogP contribution in [0.15, 0.2) is 0 Å². The molecule has 0 N–H and O–H groups in total. The lowest BCUT2D eigenvalue weighted by atomic mass is 9.71. The molecule has 0 bridgehead atoms. The fourth-order valence-corrected chi connectivity index (χ4v) is 4.04. The van der Waals surface area contributed by atoms with Crippen LogP contribution in [0.2, 0.25) is 0 Å². The van der Waals surface area contributed by atoms with Crippen LogP contribution in [0.1, 0.15) is 74.7 Å². The quantitative estimate of drug-likeness (QED) is 0.486. The van der Waals surface area contributed by atoms with Gasteiger partial charge in [0.2, 0.25) is 0 Å². The fraction of sp³-hybridized carbons (Fsp3) is 1.00. The van der Waals surface area contributed by atoms with E-state index in [1.807, 2.05) is 0 Å². The van der Waals surface area contributed by atoms with Crippen LogP contribution in [-0.2, 0) is 0 Å². The first-order chi connectivity index (χ1) is 8.79. The lowest BCUT2D eigenvalue weighted by Crippen LogP contribution is -2.27. The lowest BCUT2D eigenvalue weighted by molar-refractivity contribution is 0.146. The molecule has 7 atom stereocenters. The number of hydrogen-bond donors (Lipinski definition) is 0. The molecule has 1 fully saturated rings. The Hall–Kier alpha value is 0. The molecule has 1 aliphatic carbocycles. The van der Waals surface area contributed by atoms with Gasteiger partial charge >= 0.3 is 0 Å². The van der Waals surface area contributed by atoms with Gasteiger partial charge in [0.05, 0.1) is 0 Å². The molecule has 0 saturated heterocycles. The van der Waals surface area contributed by atoms with E-state index in [4.69, 9.17) is 0 Å². The first kappa shape index (κ1) is 17.1. The Morgan fingerprint density at radius 2 is 1.47 bits per heavy atom. The van der Waals surface area contributed by atoms with Crippen molar-refractivity contribution in [2.75, 3.05) is 0 Å². The highest BCUT2D eigenvalue weighted by atomic mass is 14.5. The molecule has 1 rings (SSSR count). The van der Waals surface area contributed by atoms with Gasteiger partial charge in [0.1, 0.15) is 0 Å². The van der Waals surface area contributed by atoms with Gasteiger partial charge < -0.3 is 0 Å². The van der Waals surface area contributed by atoms with Crippen molar-refractivity contribution >= 4 is 0 Å². The van der Waals surface area contributed by atoms with Gasteiger partial charge in [-0.05, 0) is 60.2 Å².